The van der Waals surface area contributed by atoms with Crippen LogP contribution in [0.2, 0.25) is 5.22 Å². The molecule has 144 valence electrons. The summed E-state index contributed by atoms with van der Waals surface area (Å²) in [4.78, 5) is 0. The molecule has 1 fully saturated rings. The highest BCUT2D eigenvalue weighted by atomic mass is 35.5. The topological polar surface area (TPSA) is 109 Å². The number of rotatable bonds is 5. The molecule has 0 N–H and O–H groups in total. The second-order valence-corrected chi connectivity index (χ2v) is 7.60. The minimum atomic E-state index is 0.0120. The van der Waals surface area contributed by atoms with Gasteiger partial charge in [-0.25, -0.2) is 4.68 Å². The summed E-state index contributed by atoms with van der Waals surface area (Å²) in [5.41, 5.74) is 2.96. The molecule has 0 saturated heterocycles. The molecule has 1 saturated carbocycles. The van der Waals surface area contributed by atoms with E-state index in [-0.39, 0.29) is 10.6 Å². The molecule has 4 aromatic rings. The Labute approximate surface area is 164 Å². The zero-order valence-electron chi connectivity index (χ0n) is 15.3. The average molecular weight is 401 g/mol. The maximum Gasteiger partial charge on any atom is 0.236 e. The van der Waals surface area contributed by atoms with Crippen LogP contribution in [-0.4, -0.2) is 40.0 Å². The SMILES string of the molecule is Cn1nncc1COc1nn2c(-c3cc(Cl)on3)nnc2cc1C1(C)CCC1. The number of ether oxygens (including phenoxy) is 1. The molecule has 1 aliphatic rings. The first-order valence-electron chi connectivity index (χ1n) is 8.89. The molecule has 0 atom stereocenters. The summed E-state index contributed by atoms with van der Waals surface area (Å²) in [6.07, 6.45) is 5.01. The molecule has 4 heterocycles. The summed E-state index contributed by atoms with van der Waals surface area (Å²) in [7, 11) is 1.82. The van der Waals surface area contributed by atoms with Crippen LogP contribution in [0.25, 0.3) is 17.2 Å². The number of fused-ring (bicyclic) bond motifs is 1. The van der Waals surface area contributed by atoms with E-state index in [0.717, 1.165) is 24.1 Å². The van der Waals surface area contributed by atoms with E-state index in [0.29, 0.717) is 29.7 Å². The number of aromatic nitrogens is 8. The first-order valence-corrected chi connectivity index (χ1v) is 9.27. The zero-order valence-corrected chi connectivity index (χ0v) is 16.1. The van der Waals surface area contributed by atoms with E-state index < -0.39 is 0 Å². The van der Waals surface area contributed by atoms with E-state index >= 15 is 0 Å². The van der Waals surface area contributed by atoms with Crippen molar-refractivity contribution in [2.24, 2.45) is 7.05 Å². The van der Waals surface area contributed by atoms with Crippen molar-refractivity contribution in [1.82, 2.24) is 40.0 Å². The van der Waals surface area contributed by atoms with E-state index in [9.17, 15) is 0 Å². The van der Waals surface area contributed by atoms with Crippen LogP contribution in [0.4, 0.5) is 0 Å². The monoisotopic (exact) mass is 400 g/mol. The summed E-state index contributed by atoms with van der Waals surface area (Å²) in [5.74, 6) is 0.967. The number of hydrogen-bond donors (Lipinski definition) is 0. The minimum Gasteiger partial charge on any atom is -0.470 e. The quantitative estimate of drug-likeness (QED) is 0.502. The van der Waals surface area contributed by atoms with Gasteiger partial charge in [-0.15, -0.1) is 20.4 Å². The van der Waals surface area contributed by atoms with Gasteiger partial charge in [0.05, 0.1) is 11.9 Å². The van der Waals surface area contributed by atoms with Gasteiger partial charge in [-0.2, -0.15) is 4.52 Å². The van der Waals surface area contributed by atoms with Gasteiger partial charge in [0.25, 0.3) is 0 Å². The summed E-state index contributed by atoms with van der Waals surface area (Å²) >= 11 is 5.85. The fourth-order valence-corrected chi connectivity index (χ4v) is 3.57. The standard InChI is InChI=1S/C17H17ClN8O2/c1-17(4-3-5-17)11-6-14-20-21-15(12-7-13(18)28-23-12)26(14)22-16(11)27-9-10-8-19-24-25(10)2/h6-8H,3-5,9H2,1-2H3. The van der Waals surface area contributed by atoms with Crippen molar-refractivity contribution in [1.29, 1.82) is 0 Å². The van der Waals surface area contributed by atoms with Crippen LogP contribution >= 0.6 is 11.6 Å². The van der Waals surface area contributed by atoms with Crippen molar-refractivity contribution in [3.05, 3.63) is 34.8 Å². The lowest BCUT2D eigenvalue weighted by Crippen LogP contribution is -2.31. The lowest BCUT2D eigenvalue weighted by atomic mass is 9.66. The van der Waals surface area contributed by atoms with E-state index in [1.54, 1.807) is 21.5 Å². The van der Waals surface area contributed by atoms with Gasteiger partial charge in [0.2, 0.25) is 16.9 Å². The first kappa shape index (κ1) is 17.1. The van der Waals surface area contributed by atoms with Crippen LogP contribution < -0.4 is 4.74 Å². The van der Waals surface area contributed by atoms with Crippen molar-refractivity contribution < 1.29 is 9.26 Å². The Morgan fingerprint density at radius 1 is 1.29 bits per heavy atom. The normalized spacial score (nSPS) is 15.7. The molecular formula is C17H17ClN8O2. The Kier molecular flexibility index (Phi) is 3.83. The third-order valence-corrected chi connectivity index (χ3v) is 5.52. The molecule has 0 spiro atoms. The highest BCUT2D eigenvalue weighted by molar-refractivity contribution is 6.29. The molecular weight excluding hydrogens is 384 g/mol. The minimum absolute atomic E-state index is 0.0120. The summed E-state index contributed by atoms with van der Waals surface area (Å²) in [6, 6.07) is 3.56. The molecule has 5 rings (SSSR count). The van der Waals surface area contributed by atoms with Crippen LogP contribution in [-0.2, 0) is 19.1 Å². The van der Waals surface area contributed by atoms with E-state index in [1.807, 2.05) is 13.1 Å². The Bertz CT molecular complexity index is 1160. The summed E-state index contributed by atoms with van der Waals surface area (Å²) < 4.78 is 14.3. The summed E-state index contributed by atoms with van der Waals surface area (Å²) in [5, 5.41) is 25.0. The van der Waals surface area contributed by atoms with Crippen molar-refractivity contribution in [2.75, 3.05) is 0 Å². The highest BCUT2D eigenvalue weighted by Gasteiger charge is 2.37. The van der Waals surface area contributed by atoms with Gasteiger partial charge >= 0.3 is 0 Å². The smallest absolute Gasteiger partial charge is 0.236 e. The van der Waals surface area contributed by atoms with Crippen molar-refractivity contribution >= 4 is 17.2 Å². The second kappa shape index (κ2) is 6.26. The van der Waals surface area contributed by atoms with Gasteiger partial charge in [-0.3, -0.25) is 0 Å². The Balaban J connectivity index is 1.60. The van der Waals surface area contributed by atoms with Gasteiger partial charge in [-0.1, -0.05) is 23.7 Å². The number of hydrogen-bond acceptors (Lipinski definition) is 8. The van der Waals surface area contributed by atoms with Gasteiger partial charge in [0, 0.05) is 18.7 Å². The van der Waals surface area contributed by atoms with Gasteiger partial charge in [0.1, 0.15) is 6.61 Å². The van der Waals surface area contributed by atoms with Crippen molar-refractivity contribution in [3.63, 3.8) is 0 Å². The molecule has 0 bridgehead atoms. The molecule has 28 heavy (non-hydrogen) atoms. The number of aryl methyl sites for hydroxylation is 1. The van der Waals surface area contributed by atoms with Crippen LogP contribution in [0.5, 0.6) is 5.88 Å². The van der Waals surface area contributed by atoms with Crippen LogP contribution in [0.1, 0.15) is 37.4 Å². The van der Waals surface area contributed by atoms with Crippen LogP contribution in [0.15, 0.2) is 22.9 Å². The van der Waals surface area contributed by atoms with E-state index in [2.05, 4.69) is 32.6 Å². The fourth-order valence-electron chi connectivity index (χ4n) is 3.43. The Morgan fingerprint density at radius 2 is 2.14 bits per heavy atom. The molecule has 11 heteroatoms. The zero-order chi connectivity index (χ0) is 19.3. The third-order valence-electron chi connectivity index (χ3n) is 5.34. The lowest BCUT2D eigenvalue weighted by Gasteiger charge is -2.39. The maximum atomic E-state index is 6.10. The second-order valence-electron chi connectivity index (χ2n) is 7.22. The fraction of sp³-hybridized carbons (Fsp3) is 0.412. The number of nitrogens with zero attached hydrogens (tertiary/aromatic N) is 8. The molecule has 0 aliphatic heterocycles. The van der Waals surface area contributed by atoms with Gasteiger partial charge < -0.3 is 9.26 Å². The molecule has 0 unspecified atom stereocenters. The maximum absolute atomic E-state index is 6.10. The molecule has 0 aromatic carbocycles. The highest BCUT2D eigenvalue weighted by Crippen LogP contribution is 2.46. The number of halogens is 1. The van der Waals surface area contributed by atoms with Crippen LogP contribution in [0, 0.1) is 0 Å². The van der Waals surface area contributed by atoms with Crippen molar-refractivity contribution in [2.45, 2.75) is 38.2 Å². The Morgan fingerprint density at radius 3 is 2.79 bits per heavy atom. The molecule has 1 aliphatic carbocycles. The first-order chi connectivity index (χ1) is 13.5. The van der Waals surface area contributed by atoms with Gasteiger partial charge in [0.15, 0.2) is 11.3 Å². The predicted molar refractivity (Wildman–Crippen MR) is 97.8 cm³/mol. The molecule has 0 radical (unpaired) electrons. The van der Waals surface area contributed by atoms with E-state index in [4.69, 9.17) is 26.0 Å². The van der Waals surface area contributed by atoms with Crippen LogP contribution in [0.3, 0.4) is 0 Å². The van der Waals surface area contributed by atoms with Crippen molar-refractivity contribution in [3.8, 4) is 17.4 Å². The predicted octanol–water partition coefficient (Wildman–Crippen LogP) is 2.58. The lowest BCUT2D eigenvalue weighted by molar-refractivity contribution is 0.233. The third kappa shape index (κ3) is 2.71. The Hall–Kier alpha value is -3.01. The average Bonchev–Trinajstić information content (AvgIpc) is 3.36. The largest absolute Gasteiger partial charge is 0.470 e. The summed E-state index contributed by atoms with van der Waals surface area (Å²) in [6.45, 7) is 2.52. The molecule has 10 nitrogen and oxygen atoms in total. The molecule has 0 amide bonds. The van der Waals surface area contributed by atoms with Gasteiger partial charge in [-0.05, 0) is 35.9 Å². The van der Waals surface area contributed by atoms with E-state index in [1.165, 1.54) is 6.42 Å². The molecule has 4 aromatic heterocycles.